The molecule has 4 atom stereocenters. The van der Waals surface area contributed by atoms with Crippen LogP contribution in [0.4, 0.5) is 0 Å². The SMILES string of the molecule is CC(C)CC(N)C(=O)NC(Cc1c[nH]c2ccccc12)C(=O)NC(CC(N)=O)C(=O)NC(CCC(=O)O)C(=O)O. The second kappa shape index (κ2) is 14.6. The molecule has 0 radical (unpaired) electrons. The van der Waals surface area contributed by atoms with Gasteiger partial charge in [0, 0.05) is 29.9 Å². The second-order valence-corrected chi connectivity index (χ2v) is 9.92. The van der Waals surface area contributed by atoms with E-state index in [1.165, 1.54) is 0 Å². The summed E-state index contributed by atoms with van der Waals surface area (Å²) in [6, 6.07) is 1.98. The Bertz CT molecular complexity index is 1240. The van der Waals surface area contributed by atoms with Crippen LogP contribution in [0.3, 0.4) is 0 Å². The smallest absolute Gasteiger partial charge is 0.326 e. The van der Waals surface area contributed by atoms with Crippen molar-refractivity contribution in [2.75, 3.05) is 0 Å². The number of nitrogens with one attached hydrogen (secondary N) is 4. The maximum atomic E-state index is 13.4. The Kier molecular flexibility index (Phi) is 11.6. The minimum Gasteiger partial charge on any atom is -0.481 e. The lowest BCUT2D eigenvalue weighted by Crippen LogP contribution is -2.58. The molecule has 0 aliphatic heterocycles. The summed E-state index contributed by atoms with van der Waals surface area (Å²) in [4.78, 5) is 76.3. The van der Waals surface area contributed by atoms with Crippen LogP contribution in [0.1, 0.15) is 45.1 Å². The molecule has 40 heavy (non-hydrogen) atoms. The minimum absolute atomic E-state index is 0.00272. The van der Waals surface area contributed by atoms with Crippen molar-refractivity contribution < 1.29 is 39.0 Å². The third kappa shape index (κ3) is 9.69. The van der Waals surface area contributed by atoms with E-state index in [2.05, 4.69) is 20.9 Å². The van der Waals surface area contributed by atoms with E-state index in [4.69, 9.17) is 16.6 Å². The highest BCUT2D eigenvalue weighted by molar-refractivity contribution is 5.96. The molecule has 4 unspecified atom stereocenters. The summed E-state index contributed by atoms with van der Waals surface area (Å²) >= 11 is 0. The first-order valence-corrected chi connectivity index (χ1v) is 12.7. The molecule has 2 aromatic rings. The summed E-state index contributed by atoms with van der Waals surface area (Å²) in [6.45, 7) is 3.77. The molecular formula is C26H36N6O8. The van der Waals surface area contributed by atoms with Crippen LogP contribution in [0, 0.1) is 5.92 Å². The standard InChI is InChI=1S/C26H36N6O8/c1-13(2)9-16(27)23(36)31-19(10-14-12-29-17-6-4-3-5-15(14)17)24(37)32-20(11-21(28)33)25(38)30-18(26(39)40)7-8-22(34)35/h3-6,12-13,16,18-20,29H,7-11,27H2,1-2H3,(H2,28,33)(H,30,38)(H,31,36)(H,32,37)(H,34,35)(H,39,40). The average Bonchev–Trinajstić information content (AvgIpc) is 3.27. The van der Waals surface area contributed by atoms with Gasteiger partial charge in [0.25, 0.3) is 0 Å². The number of primary amides is 1. The van der Waals surface area contributed by atoms with Crippen molar-refractivity contribution >= 4 is 46.5 Å². The highest BCUT2D eigenvalue weighted by Crippen LogP contribution is 2.19. The number of fused-ring (bicyclic) bond motifs is 1. The fourth-order valence-electron chi connectivity index (χ4n) is 4.10. The van der Waals surface area contributed by atoms with Crippen LogP contribution in [0.2, 0.25) is 0 Å². The number of amides is 4. The van der Waals surface area contributed by atoms with Gasteiger partial charge in [-0.1, -0.05) is 32.0 Å². The van der Waals surface area contributed by atoms with E-state index in [-0.39, 0.29) is 12.3 Å². The Hall–Kier alpha value is -4.46. The van der Waals surface area contributed by atoms with Crippen LogP contribution in [-0.4, -0.2) is 74.9 Å². The molecule has 1 aromatic carbocycles. The number of aliphatic carboxylic acids is 2. The molecule has 14 heteroatoms. The van der Waals surface area contributed by atoms with Gasteiger partial charge in [-0.05, 0) is 30.4 Å². The lowest BCUT2D eigenvalue weighted by Gasteiger charge is -2.25. The van der Waals surface area contributed by atoms with Gasteiger partial charge in [-0.3, -0.25) is 24.0 Å². The molecule has 14 nitrogen and oxygen atoms in total. The summed E-state index contributed by atoms with van der Waals surface area (Å²) in [5.74, 6) is -6.11. The highest BCUT2D eigenvalue weighted by Gasteiger charge is 2.32. The molecule has 0 saturated carbocycles. The molecule has 0 fully saturated rings. The normalized spacial score (nSPS) is 14.1. The fraction of sp³-hybridized carbons (Fsp3) is 0.462. The highest BCUT2D eigenvalue weighted by atomic mass is 16.4. The Balaban J connectivity index is 2.30. The van der Waals surface area contributed by atoms with E-state index >= 15 is 0 Å². The maximum absolute atomic E-state index is 13.4. The minimum atomic E-state index is -1.59. The van der Waals surface area contributed by atoms with Crippen LogP contribution in [0.5, 0.6) is 0 Å². The van der Waals surface area contributed by atoms with Gasteiger partial charge in [-0.25, -0.2) is 4.79 Å². The molecular weight excluding hydrogens is 524 g/mol. The molecule has 1 aromatic heterocycles. The third-order valence-corrected chi connectivity index (χ3v) is 6.09. The zero-order chi connectivity index (χ0) is 30.0. The van der Waals surface area contributed by atoms with Gasteiger partial charge in [-0.15, -0.1) is 0 Å². The number of para-hydroxylation sites is 1. The molecule has 0 saturated heterocycles. The van der Waals surface area contributed by atoms with Gasteiger partial charge in [0.05, 0.1) is 12.5 Å². The number of carboxylic acids is 2. The number of aromatic nitrogens is 1. The van der Waals surface area contributed by atoms with E-state index < -0.39 is 79.0 Å². The number of carbonyl (C=O) groups excluding carboxylic acids is 4. The Morgan fingerprint density at radius 3 is 2.10 bits per heavy atom. The molecule has 10 N–H and O–H groups in total. The van der Waals surface area contributed by atoms with Gasteiger partial charge in [0.2, 0.25) is 23.6 Å². The van der Waals surface area contributed by atoms with E-state index in [0.29, 0.717) is 12.0 Å². The number of carbonyl (C=O) groups is 6. The van der Waals surface area contributed by atoms with Crippen molar-refractivity contribution in [2.45, 2.75) is 70.1 Å². The van der Waals surface area contributed by atoms with Crippen molar-refractivity contribution in [1.29, 1.82) is 0 Å². The molecule has 0 aliphatic rings. The number of benzene rings is 1. The molecule has 1 heterocycles. The predicted molar refractivity (Wildman–Crippen MR) is 144 cm³/mol. The average molecular weight is 561 g/mol. The quantitative estimate of drug-likeness (QED) is 0.130. The zero-order valence-corrected chi connectivity index (χ0v) is 22.3. The summed E-state index contributed by atoms with van der Waals surface area (Å²) in [5, 5.41) is 26.1. The Morgan fingerprint density at radius 2 is 1.50 bits per heavy atom. The van der Waals surface area contributed by atoms with Crippen molar-refractivity contribution in [3.8, 4) is 0 Å². The molecule has 0 aliphatic carbocycles. The van der Waals surface area contributed by atoms with Crippen molar-refractivity contribution in [2.24, 2.45) is 17.4 Å². The van der Waals surface area contributed by atoms with E-state index in [1.807, 2.05) is 38.1 Å². The van der Waals surface area contributed by atoms with E-state index in [0.717, 1.165) is 10.9 Å². The van der Waals surface area contributed by atoms with Gasteiger partial charge in [-0.2, -0.15) is 0 Å². The van der Waals surface area contributed by atoms with Crippen molar-refractivity contribution in [3.05, 3.63) is 36.0 Å². The number of carboxylic acid groups (broad SMARTS) is 2. The van der Waals surface area contributed by atoms with Crippen LogP contribution in [0.25, 0.3) is 10.9 Å². The summed E-state index contributed by atoms with van der Waals surface area (Å²) in [5.41, 5.74) is 12.7. The largest absolute Gasteiger partial charge is 0.481 e. The van der Waals surface area contributed by atoms with Crippen LogP contribution < -0.4 is 27.4 Å². The molecule has 4 amide bonds. The predicted octanol–water partition coefficient (Wildman–Crippen LogP) is -0.637. The van der Waals surface area contributed by atoms with Gasteiger partial charge < -0.3 is 42.6 Å². The third-order valence-electron chi connectivity index (χ3n) is 6.09. The number of rotatable bonds is 16. The number of hydrogen-bond donors (Lipinski definition) is 8. The second-order valence-electron chi connectivity index (χ2n) is 9.92. The maximum Gasteiger partial charge on any atom is 0.326 e. The lowest BCUT2D eigenvalue weighted by atomic mass is 10.0. The number of H-pyrrole nitrogens is 1. The lowest BCUT2D eigenvalue weighted by molar-refractivity contribution is -0.143. The van der Waals surface area contributed by atoms with E-state index in [1.54, 1.807) is 6.20 Å². The Morgan fingerprint density at radius 1 is 0.900 bits per heavy atom. The number of aromatic amines is 1. The molecule has 0 spiro atoms. The first-order chi connectivity index (χ1) is 18.8. The Labute approximate surface area is 230 Å². The first kappa shape index (κ1) is 31.8. The van der Waals surface area contributed by atoms with E-state index in [9.17, 15) is 33.9 Å². The van der Waals surface area contributed by atoms with Crippen molar-refractivity contribution in [1.82, 2.24) is 20.9 Å². The first-order valence-electron chi connectivity index (χ1n) is 12.7. The van der Waals surface area contributed by atoms with Gasteiger partial charge in [0.1, 0.15) is 18.1 Å². The summed E-state index contributed by atoms with van der Waals surface area (Å²) in [7, 11) is 0. The summed E-state index contributed by atoms with van der Waals surface area (Å²) < 4.78 is 0. The molecule has 2 rings (SSSR count). The topological polar surface area (TPSA) is 247 Å². The number of hydrogen-bond acceptors (Lipinski definition) is 7. The zero-order valence-electron chi connectivity index (χ0n) is 22.3. The summed E-state index contributed by atoms with van der Waals surface area (Å²) in [6.07, 6.45) is 0.381. The van der Waals surface area contributed by atoms with Gasteiger partial charge >= 0.3 is 11.9 Å². The molecule has 0 bridgehead atoms. The van der Waals surface area contributed by atoms with Crippen molar-refractivity contribution in [3.63, 3.8) is 0 Å². The van der Waals surface area contributed by atoms with Crippen LogP contribution >= 0.6 is 0 Å². The molecule has 218 valence electrons. The monoisotopic (exact) mass is 560 g/mol. The van der Waals surface area contributed by atoms with Crippen LogP contribution in [-0.2, 0) is 35.2 Å². The number of nitrogens with two attached hydrogens (primary N) is 2. The van der Waals surface area contributed by atoms with Gasteiger partial charge in [0.15, 0.2) is 0 Å². The van der Waals surface area contributed by atoms with Crippen LogP contribution in [0.15, 0.2) is 30.5 Å². The fourth-order valence-corrected chi connectivity index (χ4v) is 4.10.